The SMILES string of the molecule is CN=CNc1cc(OCCCN2CCOCC2)cc(N2CCOCC2)c1C=O. The van der Waals surface area contributed by atoms with Crippen LogP contribution in [0.3, 0.4) is 0 Å². The van der Waals surface area contributed by atoms with Crippen LogP contribution in [0.15, 0.2) is 17.1 Å². The number of nitrogens with one attached hydrogen (secondary N) is 1. The summed E-state index contributed by atoms with van der Waals surface area (Å²) in [4.78, 5) is 20.3. The lowest BCUT2D eigenvalue weighted by molar-refractivity contribution is 0.0358. The number of ether oxygens (including phenoxy) is 3. The number of aldehydes is 1. The Kier molecular flexibility index (Phi) is 8.07. The first-order valence-corrected chi connectivity index (χ1v) is 9.88. The van der Waals surface area contributed by atoms with Crippen LogP contribution >= 0.6 is 0 Å². The van der Waals surface area contributed by atoms with Gasteiger partial charge in [0.2, 0.25) is 0 Å². The van der Waals surface area contributed by atoms with Gasteiger partial charge in [0.05, 0.1) is 56.3 Å². The first-order chi connectivity index (χ1) is 13.8. The third-order valence-corrected chi connectivity index (χ3v) is 4.94. The van der Waals surface area contributed by atoms with E-state index in [2.05, 4.69) is 20.1 Å². The molecule has 8 heteroatoms. The zero-order chi connectivity index (χ0) is 19.6. The molecule has 2 aliphatic rings. The van der Waals surface area contributed by atoms with E-state index in [1.54, 1.807) is 13.4 Å². The quantitative estimate of drug-likeness (QED) is 0.296. The van der Waals surface area contributed by atoms with Gasteiger partial charge in [-0.2, -0.15) is 0 Å². The standard InChI is InChI=1S/C20H30N4O4/c1-21-16-22-19-13-17(28-8-2-3-23-4-9-26-10-5-23)14-20(18(19)15-25)24-6-11-27-12-7-24/h13-16H,2-12H2,1H3,(H,21,22). The summed E-state index contributed by atoms with van der Waals surface area (Å²) in [5.41, 5.74) is 2.19. The third-order valence-electron chi connectivity index (χ3n) is 4.94. The molecule has 0 spiro atoms. The molecule has 1 aromatic rings. The van der Waals surface area contributed by atoms with Crippen molar-refractivity contribution in [3.05, 3.63) is 17.7 Å². The van der Waals surface area contributed by atoms with Crippen molar-refractivity contribution in [3.8, 4) is 5.75 Å². The first-order valence-electron chi connectivity index (χ1n) is 9.88. The van der Waals surface area contributed by atoms with Crippen molar-refractivity contribution in [1.82, 2.24) is 4.90 Å². The molecule has 3 rings (SSSR count). The van der Waals surface area contributed by atoms with Crippen LogP contribution in [0.4, 0.5) is 11.4 Å². The Labute approximate surface area is 166 Å². The second kappa shape index (κ2) is 11.0. The normalized spacial score (nSPS) is 18.4. The average molecular weight is 390 g/mol. The highest BCUT2D eigenvalue weighted by Gasteiger charge is 2.19. The average Bonchev–Trinajstić information content (AvgIpc) is 2.76. The molecule has 28 heavy (non-hydrogen) atoms. The Morgan fingerprint density at radius 2 is 1.86 bits per heavy atom. The molecule has 0 atom stereocenters. The van der Waals surface area contributed by atoms with Crippen LogP contribution in [0.1, 0.15) is 16.8 Å². The van der Waals surface area contributed by atoms with Crippen LogP contribution in [-0.4, -0.2) is 90.3 Å². The Balaban J connectivity index is 1.68. The van der Waals surface area contributed by atoms with Gasteiger partial charge in [-0.15, -0.1) is 0 Å². The molecule has 1 aromatic carbocycles. The zero-order valence-electron chi connectivity index (χ0n) is 16.6. The summed E-state index contributed by atoms with van der Waals surface area (Å²) in [7, 11) is 1.68. The fourth-order valence-corrected chi connectivity index (χ4v) is 3.44. The van der Waals surface area contributed by atoms with E-state index in [1.807, 2.05) is 12.1 Å². The van der Waals surface area contributed by atoms with Crippen molar-refractivity contribution in [2.75, 3.05) is 83.0 Å². The van der Waals surface area contributed by atoms with E-state index in [0.29, 0.717) is 31.1 Å². The van der Waals surface area contributed by atoms with E-state index in [9.17, 15) is 4.79 Å². The summed E-state index contributed by atoms with van der Waals surface area (Å²) in [6.45, 7) is 8.03. The molecule has 154 valence electrons. The van der Waals surface area contributed by atoms with E-state index in [0.717, 1.165) is 70.1 Å². The monoisotopic (exact) mass is 390 g/mol. The molecule has 0 aromatic heterocycles. The summed E-state index contributed by atoms with van der Waals surface area (Å²) >= 11 is 0. The predicted molar refractivity (Wildman–Crippen MR) is 110 cm³/mol. The van der Waals surface area contributed by atoms with E-state index < -0.39 is 0 Å². The van der Waals surface area contributed by atoms with Crippen molar-refractivity contribution in [1.29, 1.82) is 0 Å². The smallest absolute Gasteiger partial charge is 0.154 e. The van der Waals surface area contributed by atoms with Crippen molar-refractivity contribution < 1.29 is 19.0 Å². The third kappa shape index (κ3) is 5.67. The molecule has 1 N–H and O–H groups in total. The molecule has 2 heterocycles. The molecule has 0 amide bonds. The molecular formula is C20H30N4O4. The van der Waals surface area contributed by atoms with Crippen LogP contribution in [0.25, 0.3) is 0 Å². The lowest BCUT2D eigenvalue weighted by Crippen LogP contribution is -2.37. The van der Waals surface area contributed by atoms with E-state index in [1.165, 1.54) is 0 Å². The topological polar surface area (TPSA) is 75.6 Å². The molecule has 0 unspecified atom stereocenters. The van der Waals surface area contributed by atoms with E-state index >= 15 is 0 Å². The van der Waals surface area contributed by atoms with Crippen LogP contribution in [0.5, 0.6) is 5.75 Å². The minimum Gasteiger partial charge on any atom is -0.493 e. The zero-order valence-corrected chi connectivity index (χ0v) is 16.6. The van der Waals surface area contributed by atoms with Gasteiger partial charge in [0.25, 0.3) is 0 Å². The van der Waals surface area contributed by atoms with Gasteiger partial charge in [-0.1, -0.05) is 0 Å². The summed E-state index contributed by atoms with van der Waals surface area (Å²) < 4.78 is 16.9. The van der Waals surface area contributed by atoms with E-state index in [4.69, 9.17) is 14.2 Å². The number of aliphatic imine (C=N–C) groups is 1. The number of carbonyl (C=O) groups is 1. The molecule has 0 radical (unpaired) electrons. The van der Waals surface area contributed by atoms with Crippen molar-refractivity contribution >= 4 is 24.0 Å². The maximum Gasteiger partial charge on any atom is 0.154 e. The molecular weight excluding hydrogens is 360 g/mol. The number of hydrogen-bond acceptors (Lipinski definition) is 7. The minimum absolute atomic E-state index is 0.613. The van der Waals surface area contributed by atoms with Gasteiger partial charge in [-0.3, -0.25) is 14.7 Å². The maximum absolute atomic E-state index is 11.8. The van der Waals surface area contributed by atoms with Crippen LogP contribution in [0, 0.1) is 0 Å². The first kappa shape index (κ1) is 20.6. The van der Waals surface area contributed by atoms with Crippen molar-refractivity contribution in [3.63, 3.8) is 0 Å². The number of rotatable bonds is 9. The highest BCUT2D eigenvalue weighted by Crippen LogP contribution is 2.32. The summed E-state index contributed by atoms with van der Waals surface area (Å²) in [5, 5.41) is 3.09. The van der Waals surface area contributed by atoms with E-state index in [-0.39, 0.29) is 0 Å². The maximum atomic E-state index is 11.8. The van der Waals surface area contributed by atoms with Gasteiger partial charge in [-0.25, -0.2) is 0 Å². The molecule has 2 aliphatic heterocycles. The highest BCUT2D eigenvalue weighted by atomic mass is 16.5. The lowest BCUT2D eigenvalue weighted by atomic mass is 10.1. The summed E-state index contributed by atoms with van der Waals surface area (Å²) in [6, 6.07) is 3.82. The second-order valence-electron chi connectivity index (χ2n) is 6.81. The number of nitrogens with zero attached hydrogens (tertiary/aromatic N) is 3. The van der Waals surface area contributed by atoms with Gasteiger partial charge < -0.3 is 24.4 Å². The molecule has 2 saturated heterocycles. The van der Waals surface area contributed by atoms with Crippen molar-refractivity contribution in [2.45, 2.75) is 6.42 Å². The molecule has 0 aliphatic carbocycles. The molecule has 2 fully saturated rings. The Morgan fingerprint density at radius 3 is 2.54 bits per heavy atom. The predicted octanol–water partition coefficient (Wildman–Crippen LogP) is 1.51. The van der Waals surface area contributed by atoms with Crippen molar-refractivity contribution in [2.24, 2.45) is 4.99 Å². The van der Waals surface area contributed by atoms with Gasteiger partial charge in [0, 0.05) is 51.9 Å². The molecule has 0 bridgehead atoms. The Bertz CT molecular complexity index is 656. The Morgan fingerprint density at radius 1 is 1.14 bits per heavy atom. The fourth-order valence-electron chi connectivity index (χ4n) is 3.44. The van der Waals surface area contributed by atoms with Gasteiger partial charge in [0.1, 0.15) is 5.75 Å². The number of carbonyl (C=O) groups excluding carboxylic acids is 1. The summed E-state index contributed by atoms with van der Waals surface area (Å²) in [6.07, 6.45) is 3.41. The second-order valence-corrected chi connectivity index (χ2v) is 6.81. The molecule has 0 saturated carbocycles. The number of morpholine rings is 2. The number of hydrogen-bond donors (Lipinski definition) is 1. The fraction of sp³-hybridized carbons (Fsp3) is 0.600. The lowest BCUT2D eigenvalue weighted by Gasteiger charge is -2.31. The van der Waals surface area contributed by atoms with Crippen LogP contribution < -0.4 is 15.0 Å². The van der Waals surface area contributed by atoms with Crippen LogP contribution in [0.2, 0.25) is 0 Å². The Hall–Kier alpha value is -2.16. The van der Waals surface area contributed by atoms with Gasteiger partial charge in [-0.05, 0) is 6.42 Å². The van der Waals surface area contributed by atoms with Crippen LogP contribution in [-0.2, 0) is 9.47 Å². The highest BCUT2D eigenvalue weighted by molar-refractivity contribution is 5.96. The number of anilines is 2. The van der Waals surface area contributed by atoms with Gasteiger partial charge in [0.15, 0.2) is 6.29 Å². The molecule has 8 nitrogen and oxygen atoms in total. The number of benzene rings is 1. The minimum atomic E-state index is 0.613. The summed E-state index contributed by atoms with van der Waals surface area (Å²) in [5.74, 6) is 0.751. The largest absolute Gasteiger partial charge is 0.493 e. The van der Waals surface area contributed by atoms with Gasteiger partial charge >= 0.3 is 0 Å².